The van der Waals surface area contributed by atoms with Gasteiger partial charge in [-0.25, -0.2) is 21.7 Å². The number of nitrogens with zero attached hydrogens (tertiary/aromatic N) is 2. The Morgan fingerprint density at radius 3 is 1.30 bits per heavy atom. The van der Waals surface area contributed by atoms with Crippen molar-refractivity contribution in [1.82, 2.24) is 10.0 Å². The fourth-order valence-electron chi connectivity index (χ4n) is 3.72. The van der Waals surface area contributed by atoms with Crippen molar-refractivity contribution in [3.8, 4) is 0 Å². The monoisotopic (exact) mass is 408 g/mol. The minimum atomic E-state index is -0.821. The number of imide groups is 2. The second-order valence-electron chi connectivity index (χ2n) is 7.26. The van der Waals surface area contributed by atoms with Crippen LogP contribution in [0.3, 0.4) is 0 Å². The van der Waals surface area contributed by atoms with Crippen LogP contribution in [0.5, 0.6) is 0 Å². The first kappa shape index (κ1) is 21.4. The van der Waals surface area contributed by atoms with Crippen LogP contribution in [0.4, 0.5) is 0 Å². The van der Waals surface area contributed by atoms with Gasteiger partial charge in [0.1, 0.15) is 0 Å². The number of nitrogens with two attached hydrogens (primary N) is 2. The summed E-state index contributed by atoms with van der Waals surface area (Å²) in [5, 5.41) is 1.12. The van der Waals surface area contributed by atoms with Crippen molar-refractivity contribution in [2.45, 2.75) is 25.7 Å². The predicted molar refractivity (Wildman–Crippen MR) is 109 cm³/mol. The van der Waals surface area contributed by atoms with E-state index in [4.69, 9.17) is 11.7 Å². The zero-order chi connectivity index (χ0) is 21.7. The molecule has 4 amide bonds. The van der Waals surface area contributed by atoms with Gasteiger partial charge in [-0.15, -0.1) is 0 Å². The lowest BCUT2D eigenvalue weighted by molar-refractivity contribution is -0.145. The highest BCUT2D eigenvalue weighted by Gasteiger charge is 2.41. The molecular formula is C22H24N4O4. The fourth-order valence-corrected chi connectivity index (χ4v) is 3.72. The molecule has 30 heavy (non-hydrogen) atoms. The maximum Gasteiger partial charge on any atom is 0.274 e. The summed E-state index contributed by atoms with van der Waals surface area (Å²) < 4.78 is 0. The van der Waals surface area contributed by atoms with Crippen molar-refractivity contribution in [3.05, 3.63) is 71.8 Å². The maximum atomic E-state index is 13.0. The molecule has 0 heterocycles. The van der Waals surface area contributed by atoms with E-state index in [9.17, 15) is 19.2 Å². The van der Waals surface area contributed by atoms with Gasteiger partial charge in [-0.2, -0.15) is 0 Å². The lowest BCUT2D eigenvalue weighted by Crippen LogP contribution is -2.53. The van der Waals surface area contributed by atoms with Gasteiger partial charge >= 0.3 is 0 Å². The lowest BCUT2D eigenvalue weighted by Gasteiger charge is -2.33. The standard InChI is InChI=1S/C22H24N4O4/c23-25(19(27)15-9-3-1-4-10-15)21(29)17-13-7-8-14-18(17)22(30)26(24)20(28)16-11-5-2-6-12-16/h1-6,9-12,17-18H,7-8,13-14,23-24H2. The average molecular weight is 408 g/mol. The molecule has 0 radical (unpaired) electrons. The normalized spacial score (nSPS) is 18.3. The molecular weight excluding hydrogens is 384 g/mol. The van der Waals surface area contributed by atoms with Crippen LogP contribution in [0, 0.1) is 11.8 Å². The van der Waals surface area contributed by atoms with E-state index < -0.39 is 35.5 Å². The number of amides is 4. The van der Waals surface area contributed by atoms with E-state index in [2.05, 4.69) is 0 Å². The summed E-state index contributed by atoms with van der Waals surface area (Å²) in [7, 11) is 0. The van der Waals surface area contributed by atoms with Crippen LogP contribution in [0.1, 0.15) is 46.4 Å². The zero-order valence-electron chi connectivity index (χ0n) is 16.4. The summed E-state index contributed by atoms with van der Waals surface area (Å²) in [6.45, 7) is 0. The van der Waals surface area contributed by atoms with Crippen LogP contribution in [0.15, 0.2) is 60.7 Å². The molecule has 0 aliphatic heterocycles. The summed E-state index contributed by atoms with van der Waals surface area (Å²) in [5.74, 6) is 7.40. The van der Waals surface area contributed by atoms with E-state index in [1.165, 1.54) is 0 Å². The Morgan fingerprint density at radius 2 is 0.967 bits per heavy atom. The second kappa shape index (κ2) is 9.43. The Hall–Kier alpha value is -3.36. The van der Waals surface area contributed by atoms with E-state index in [1.807, 2.05) is 0 Å². The number of carbonyl (C=O) groups excluding carboxylic acids is 4. The topological polar surface area (TPSA) is 127 Å². The van der Waals surface area contributed by atoms with Crippen LogP contribution < -0.4 is 11.7 Å². The highest BCUT2D eigenvalue weighted by atomic mass is 16.2. The van der Waals surface area contributed by atoms with Gasteiger partial charge in [0.2, 0.25) is 11.8 Å². The van der Waals surface area contributed by atoms with E-state index in [0.29, 0.717) is 35.7 Å². The Labute approximate surface area is 174 Å². The van der Waals surface area contributed by atoms with Gasteiger partial charge in [-0.05, 0) is 37.1 Å². The lowest BCUT2D eigenvalue weighted by atomic mass is 9.77. The molecule has 4 N–H and O–H groups in total. The Balaban J connectivity index is 1.76. The third-order valence-corrected chi connectivity index (χ3v) is 5.35. The molecule has 1 fully saturated rings. The molecule has 2 aromatic rings. The van der Waals surface area contributed by atoms with Gasteiger partial charge in [0.25, 0.3) is 11.8 Å². The first-order chi connectivity index (χ1) is 14.4. The predicted octanol–water partition coefficient (Wildman–Crippen LogP) is 1.88. The van der Waals surface area contributed by atoms with Crippen LogP contribution >= 0.6 is 0 Å². The Bertz CT molecular complexity index is 855. The molecule has 3 rings (SSSR count). The van der Waals surface area contributed by atoms with Crippen molar-refractivity contribution in [1.29, 1.82) is 0 Å². The molecule has 0 saturated heterocycles. The number of hydrazine groups is 2. The number of hydrogen-bond donors (Lipinski definition) is 2. The summed E-state index contributed by atoms with van der Waals surface area (Å²) in [4.78, 5) is 51.0. The van der Waals surface area contributed by atoms with Crippen molar-refractivity contribution >= 4 is 23.6 Å². The summed E-state index contributed by atoms with van der Waals surface area (Å²) in [5.41, 5.74) is 0.540. The molecule has 2 atom stereocenters. The molecule has 8 heteroatoms. The van der Waals surface area contributed by atoms with Crippen molar-refractivity contribution in [3.63, 3.8) is 0 Å². The SMILES string of the molecule is NN(C(=O)c1ccccc1)C(=O)C1CCCCC1C(=O)N(N)C(=O)c1ccccc1. The number of carbonyl (C=O) groups is 4. The molecule has 0 spiro atoms. The summed E-state index contributed by atoms with van der Waals surface area (Å²) in [6, 6.07) is 16.4. The number of hydrogen-bond acceptors (Lipinski definition) is 6. The average Bonchev–Trinajstić information content (AvgIpc) is 2.82. The van der Waals surface area contributed by atoms with Crippen LogP contribution in [0.2, 0.25) is 0 Å². The third kappa shape index (κ3) is 4.45. The molecule has 2 aromatic carbocycles. The minimum Gasteiger partial charge on any atom is -0.273 e. The Morgan fingerprint density at radius 1 is 0.633 bits per heavy atom. The van der Waals surface area contributed by atoms with E-state index in [0.717, 1.165) is 0 Å². The molecule has 0 bridgehead atoms. The molecule has 1 aliphatic carbocycles. The highest BCUT2D eigenvalue weighted by Crippen LogP contribution is 2.32. The largest absolute Gasteiger partial charge is 0.274 e. The molecule has 1 saturated carbocycles. The number of benzene rings is 2. The highest BCUT2D eigenvalue weighted by molar-refractivity contribution is 6.08. The fraction of sp³-hybridized carbons (Fsp3) is 0.273. The van der Waals surface area contributed by atoms with Crippen molar-refractivity contribution in [2.75, 3.05) is 0 Å². The smallest absolute Gasteiger partial charge is 0.273 e. The number of rotatable bonds is 4. The summed E-state index contributed by atoms with van der Waals surface area (Å²) in [6.07, 6.45) is 2.20. The zero-order valence-corrected chi connectivity index (χ0v) is 16.4. The quantitative estimate of drug-likeness (QED) is 0.344. The first-order valence-electron chi connectivity index (χ1n) is 9.78. The van der Waals surface area contributed by atoms with Crippen molar-refractivity contribution < 1.29 is 19.2 Å². The molecule has 8 nitrogen and oxygen atoms in total. The summed E-state index contributed by atoms with van der Waals surface area (Å²) >= 11 is 0. The molecule has 156 valence electrons. The van der Waals surface area contributed by atoms with Gasteiger partial charge in [-0.1, -0.05) is 49.2 Å². The van der Waals surface area contributed by atoms with Crippen LogP contribution in [0.25, 0.3) is 0 Å². The van der Waals surface area contributed by atoms with Crippen molar-refractivity contribution in [2.24, 2.45) is 23.5 Å². The van der Waals surface area contributed by atoms with Crippen LogP contribution in [-0.4, -0.2) is 33.6 Å². The van der Waals surface area contributed by atoms with E-state index in [-0.39, 0.29) is 11.1 Å². The van der Waals surface area contributed by atoms with Gasteiger partial charge in [0.15, 0.2) is 0 Å². The molecule has 2 unspecified atom stereocenters. The molecule has 0 aromatic heterocycles. The Kier molecular flexibility index (Phi) is 6.71. The van der Waals surface area contributed by atoms with Crippen LogP contribution in [-0.2, 0) is 9.59 Å². The third-order valence-electron chi connectivity index (χ3n) is 5.35. The van der Waals surface area contributed by atoms with Gasteiger partial charge in [0.05, 0.1) is 11.8 Å². The van der Waals surface area contributed by atoms with E-state index in [1.54, 1.807) is 60.7 Å². The molecule has 1 aliphatic rings. The minimum absolute atomic E-state index is 0.270. The van der Waals surface area contributed by atoms with E-state index >= 15 is 0 Å². The second-order valence-corrected chi connectivity index (χ2v) is 7.26. The van der Waals surface area contributed by atoms with Gasteiger partial charge in [0, 0.05) is 11.1 Å². The van der Waals surface area contributed by atoms with Gasteiger partial charge in [-0.3, -0.25) is 19.2 Å². The first-order valence-corrected chi connectivity index (χ1v) is 9.78. The van der Waals surface area contributed by atoms with Gasteiger partial charge < -0.3 is 0 Å². The maximum absolute atomic E-state index is 13.0.